The number of nitrogens with one attached hydrogen (secondary N) is 1. The average molecular weight is 325 g/mol. The number of hydrogen-bond acceptors (Lipinski definition) is 1. The van der Waals surface area contributed by atoms with E-state index in [0.717, 1.165) is 4.47 Å². The van der Waals surface area contributed by atoms with Crippen LogP contribution < -0.4 is 5.32 Å². The van der Waals surface area contributed by atoms with Crippen molar-refractivity contribution in [2.75, 3.05) is 0 Å². The van der Waals surface area contributed by atoms with Crippen LogP contribution in [-0.4, -0.2) is 11.9 Å². The molecule has 88 valence electrons. The first-order valence-corrected chi connectivity index (χ1v) is 6.42. The van der Waals surface area contributed by atoms with Gasteiger partial charge in [0.15, 0.2) is 0 Å². The summed E-state index contributed by atoms with van der Waals surface area (Å²) in [6.07, 6.45) is 0. The van der Waals surface area contributed by atoms with Crippen LogP contribution in [0, 0.1) is 0 Å². The Bertz CT molecular complexity index is 396. The molecule has 2 nitrogen and oxygen atoms in total. The number of hydrogen-bond donors (Lipinski definition) is 1. The standard InChI is InChI=1S/C11H12BrCl2NO/c1-6(2)15-11(16)10(14)8-5-7(12)3-4-9(8)13/h3-6,10H,1-2H3,(H,15,16). The quantitative estimate of drug-likeness (QED) is 0.839. The number of rotatable bonds is 3. The van der Waals surface area contributed by atoms with Crippen molar-refractivity contribution in [3.8, 4) is 0 Å². The van der Waals surface area contributed by atoms with Crippen LogP contribution >= 0.6 is 39.1 Å². The highest BCUT2D eigenvalue weighted by molar-refractivity contribution is 9.10. The van der Waals surface area contributed by atoms with Gasteiger partial charge in [0.25, 0.3) is 0 Å². The van der Waals surface area contributed by atoms with Crippen LogP contribution in [0.25, 0.3) is 0 Å². The Morgan fingerprint density at radius 3 is 2.62 bits per heavy atom. The molecular weight excluding hydrogens is 313 g/mol. The van der Waals surface area contributed by atoms with Crippen molar-refractivity contribution in [1.82, 2.24) is 5.32 Å². The molecule has 1 aromatic carbocycles. The molecule has 0 spiro atoms. The van der Waals surface area contributed by atoms with Crippen molar-refractivity contribution in [2.24, 2.45) is 0 Å². The molecule has 0 aromatic heterocycles. The van der Waals surface area contributed by atoms with Crippen LogP contribution in [0.5, 0.6) is 0 Å². The highest BCUT2D eigenvalue weighted by Crippen LogP contribution is 2.30. The van der Waals surface area contributed by atoms with E-state index in [1.54, 1.807) is 18.2 Å². The van der Waals surface area contributed by atoms with Gasteiger partial charge in [-0.3, -0.25) is 4.79 Å². The molecule has 0 bridgehead atoms. The van der Waals surface area contributed by atoms with Gasteiger partial charge in [0.05, 0.1) is 0 Å². The topological polar surface area (TPSA) is 29.1 Å². The molecule has 1 unspecified atom stereocenters. The smallest absolute Gasteiger partial charge is 0.242 e. The van der Waals surface area contributed by atoms with Gasteiger partial charge in [-0.15, -0.1) is 11.6 Å². The minimum absolute atomic E-state index is 0.0553. The average Bonchev–Trinajstić information content (AvgIpc) is 2.19. The van der Waals surface area contributed by atoms with Gasteiger partial charge in [0.1, 0.15) is 5.38 Å². The lowest BCUT2D eigenvalue weighted by molar-refractivity contribution is -0.121. The van der Waals surface area contributed by atoms with Gasteiger partial charge < -0.3 is 5.32 Å². The van der Waals surface area contributed by atoms with Crippen molar-refractivity contribution in [2.45, 2.75) is 25.3 Å². The molecule has 1 aromatic rings. The second-order valence-corrected chi connectivity index (χ2v) is 5.45. The molecule has 0 heterocycles. The fourth-order valence-electron chi connectivity index (χ4n) is 1.21. The van der Waals surface area contributed by atoms with E-state index < -0.39 is 5.38 Å². The van der Waals surface area contributed by atoms with E-state index in [9.17, 15) is 4.79 Å². The van der Waals surface area contributed by atoms with E-state index in [1.807, 2.05) is 13.8 Å². The molecule has 1 rings (SSSR count). The van der Waals surface area contributed by atoms with E-state index in [1.165, 1.54) is 0 Å². The Morgan fingerprint density at radius 2 is 2.06 bits per heavy atom. The fraction of sp³-hybridized carbons (Fsp3) is 0.364. The Morgan fingerprint density at radius 1 is 1.44 bits per heavy atom. The largest absolute Gasteiger partial charge is 0.352 e. The van der Waals surface area contributed by atoms with Gasteiger partial charge in [0, 0.05) is 15.5 Å². The summed E-state index contributed by atoms with van der Waals surface area (Å²) in [4.78, 5) is 11.7. The molecule has 0 aliphatic heterocycles. The first-order valence-electron chi connectivity index (χ1n) is 4.81. The van der Waals surface area contributed by atoms with Crippen molar-refractivity contribution in [3.05, 3.63) is 33.3 Å². The number of carbonyl (C=O) groups excluding carboxylic acids is 1. The second kappa shape index (κ2) is 5.89. The van der Waals surface area contributed by atoms with Crippen molar-refractivity contribution < 1.29 is 4.79 Å². The van der Waals surface area contributed by atoms with E-state index >= 15 is 0 Å². The van der Waals surface area contributed by atoms with Crippen LogP contribution in [0.15, 0.2) is 22.7 Å². The number of amides is 1. The Hall–Kier alpha value is -0.250. The molecule has 0 radical (unpaired) electrons. The Kier molecular flexibility index (Phi) is 5.09. The van der Waals surface area contributed by atoms with Crippen LogP contribution in [0.4, 0.5) is 0 Å². The highest BCUT2D eigenvalue weighted by atomic mass is 79.9. The third-order valence-corrected chi connectivity index (χ3v) is 3.16. The molecule has 0 saturated carbocycles. The van der Waals surface area contributed by atoms with Crippen molar-refractivity contribution in [3.63, 3.8) is 0 Å². The van der Waals surface area contributed by atoms with Gasteiger partial charge in [-0.05, 0) is 37.6 Å². The Labute approximate surface area is 113 Å². The lowest BCUT2D eigenvalue weighted by atomic mass is 10.1. The number of carbonyl (C=O) groups is 1. The minimum Gasteiger partial charge on any atom is -0.352 e. The van der Waals surface area contributed by atoms with Crippen LogP contribution in [0.3, 0.4) is 0 Å². The van der Waals surface area contributed by atoms with E-state index in [2.05, 4.69) is 21.2 Å². The number of benzene rings is 1. The fourth-order valence-corrected chi connectivity index (χ4v) is 2.11. The summed E-state index contributed by atoms with van der Waals surface area (Å²) in [5.74, 6) is -0.239. The van der Waals surface area contributed by atoms with Crippen LogP contribution in [0.2, 0.25) is 5.02 Å². The molecule has 0 aliphatic carbocycles. The molecule has 5 heteroatoms. The van der Waals surface area contributed by atoms with Gasteiger partial charge in [-0.1, -0.05) is 27.5 Å². The molecule has 0 saturated heterocycles. The summed E-state index contributed by atoms with van der Waals surface area (Å²) in [6, 6.07) is 5.31. The zero-order chi connectivity index (χ0) is 12.3. The molecule has 0 aliphatic rings. The number of alkyl halides is 1. The number of halogens is 3. The molecule has 16 heavy (non-hydrogen) atoms. The van der Waals surface area contributed by atoms with Crippen LogP contribution in [0.1, 0.15) is 24.8 Å². The Balaban J connectivity index is 2.91. The lowest BCUT2D eigenvalue weighted by Gasteiger charge is -2.14. The monoisotopic (exact) mass is 323 g/mol. The molecule has 1 N–H and O–H groups in total. The van der Waals surface area contributed by atoms with Gasteiger partial charge in [-0.2, -0.15) is 0 Å². The van der Waals surface area contributed by atoms with Crippen LogP contribution in [-0.2, 0) is 4.79 Å². The third kappa shape index (κ3) is 3.65. The third-order valence-electron chi connectivity index (χ3n) is 1.89. The predicted octanol–water partition coefficient (Wildman–Crippen LogP) is 3.91. The maximum atomic E-state index is 11.7. The molecule has 1 atom stereocenters. The summed E-state index contributed by atoms with van der Waals surface area (Å²) in [5, 5.41) is 2.46. The predicted molar refractivity (Wildman–Crippen MR) is 71.0 cm³/mol. The van der Waals surface area contributed by atoms with Gasteiger partial charge in [-0.25, -0.2) is 0 Å². The summed E-state index contributed by atoms with van der Waals surface area (Å²) < 4.78 is 0.842. The zero-order valence-corrected chi connectivity index (χ0v) is 12.0. The maximum Gasteiger partial charge on any atom is 0.242 e. The molecule has 0 fully saturated rings. The van der Waals surface area contributed by atoms with Gasteiger partial charge in [0.2, 0.25) is 5.91 Å². The first-order chi connectivity index (χ1) is 7.41. The van der Waals surface area contributed by atoms with Crippen molar-refractivity contribution in [1.29, 1.82) is 0 Å². The maximum absolute atomic E-state index is 11.7. The SMILES string of the molecule is CC(C)NC(=O)C(Cl)c1cc(Br)ccc1Cl. The minimum atomic E-state index is -0.771. The van der Waals surface area contributed by atoms with E-state index in [4.69, 9.17) is 23.2 Å². The zero-order valence-electron chi connectivity index (χ0n) is 8.93. The molecular formula is C11H12BrCl2NO. The van der Waals surface area contributed by atoms with E-state index in [0.29, 0.717) is 10.6 Å². The van der Waals surface area contributed by atoms with E-state index in [-0.39, 0.29) is 11.9 Å². The highest BCUT2D eigenvalue weighted by Gasteiger charge is 2.20. The summed E-state index contributed by atoms with van der Waals surface area (Å²) in [7, 11) is 0. The lowest BCUT2D eigenvalue weighted by Crippen LogP contribution is -2.32. The summed E-state index contributed by atoms with van der Waals surface area (Å²) >= 11 is 15.4. The second-order valence-electron chi connectivity index (χ2n) is 3.69. The molecule has 1 amide bonds. The normalized spacial score (nSPS) is 12.6. The van der Waals surface area contributed by atoms with Gasteiger partial charge >= 0.3 is 0 Å². The summed E-state index contributed by atoms with van der Waals surface area (Å²) in [6.45, 7) is 3.76. The summed E-state index contributed by atoms with van der Waals surface area (Å²) in [5.41, 5.74) is 0.607. The first kappa shape index (κ1) is 13.8. The van der Waals surface area contributed by atoms with Crippen molar-refractivity contribution >= 4 is 45.0 Å².